The van der Waals surface area contributed by atoms with Gasteiger partial charge in [0, 0.05) is 5.02 Å². The molecule has 0 atom stereocenters. The minimum absolute atomic E-state index is 0.0884. The summed E-state index contributed by atoms with van der Waals surface area (Å²) in [4.78, 5) is 11.9. The Balaban J connectivity index is 1.97. The second kappa shape index (κ2) is 6.50. The molecular weight excluding hydrogens is 288 g/mol. The number of benzene rings is 2. The van der Waals surface area contributed by atoms with E-state index in [0.29, 0.717) is 22.1 Å². The molecule has 4 nitrogen and oxygen atoms in total. The fourth-order valence-corrected chi connectivity index (χ4v) is 2.01. The number of rotatable bonds is 4. The maximum atomic E-state index is 11.9. The summed E-state index contributed by atoms with van der Waals surface area (Å²) in [5, 5.41) is 3.43. The van der Waals surface area contributed by atoms with Crippen molar-refractivity contribution < 1.29 is 9.53 Å². The minimum Gasteiger partial charge on any atom is -0.484 e. The van der Waals surface area contributed by atoms with Crippen LogP contribution in [-0.4, -0.2) is 12.5 Å². The van der Waals surface area contributed by atoms with Crippen LogP contribution in [0.3, 0.4) is 0 Å². The molecule has 0 saturated heterocycles. The Kier molecular flexibility index (Phi) is 4.70. The SMILES string of the molecule is Cc1cc(OCC(=O)Nc2c(C)cccc2N)ccc1Cl. The van der Waals surface area contributed by atoms with E-state index in [9.17, 15) is 4.79 Å². The maximum absolute atomic E-state index is 11.9. The van der Waals surface area contributed by atoms with Crippen molar-refractivity contribution in [3.63, 3.8) is 0 Å². The summed E-state index contributed by atoms with van der Waals surface area (Å²) in [5.74, 6) is 0.341. The molecule has 0 bridgehead atoms. The highest BCUT2D eigenvalue weighted by molar-refractivity contribution is 6.31. The van der Waals surface area contributed by atoms with Crippen LogP contribution in [0.4, 0.5) is 11.4 Å². The average Bonchev–Trinajstić information content (AvgIpc) is 2.44. The number of nitrogen functional groups attached to an aromatic ring is 1. The van der Waals surface area contributed by atoms with E-state index in [2.05, 4.69) is 5.32 Å². The number of anilines is 2. The molecule has 0 spiro atoms. The lowest BCUT2D eigenvalue weighted by Gasteiger charge is -2.12. The van der Waals surface area contributed by atoms with Gasteiger partial charge in [-0.1, -0.05) is 23.7 Å². The third-order valence-electron chi connectivity index (χ3n) is 3.07. The van der Waals surface area contributed by atoms with Gasteiger partial charge in [0.2, 0.25) is 0 Å². The van der Waals surface area contributed by atoms with Gasteiger partial charge in [-0.2, -0.15) is 0 Å². The summed E-state index contributed by atoms with van der Waals surface area (Å²) in [7, 11) is 0. The third-order valence-corrected chi connectivity index (χ3v) is 3.49. The van der Waals surface area contributed by atoms with E-state index in [-0.39, 0.29) is 12.5 Å². The largest absolute Gasteiger partial charge is 0.484 e. The van der Waals surface area contributed by atoms with Gasteiger partial charge in [-0.15, -0.1) is 0 Å². The van der Waals surface area contributed by atoms with Crippen molar-refractivity contribution in [1.29, 1.82) is 0 Å². The Morgan fingerprint density at radius 3 is 2.67 bits per heavy atom. The van der Waals surface area contributed by atoms with Gasteiger partial charge in [0.15, 0.2) is 6.61 Å². The molecule has 0 unspecified atom stereocenters. The van der Waals surface area contributed by atoms with Gasteiger partial charge in [0.05, 0.1) is 11.4 Å². The number of carbonyl (C=O) groups excluding carboxylic acids is 1. The molecule has 3 N–H and O–H groups in total. The molecule has 0 radical (unpaired) electrons. The summed E-state index contributed by atoms with van der Waals surface area (Å²) in [6.07, 6.45) is 0. The number of nitrogens with two attached hydrogens (primary N) is 1. The quantitative estimate of drug-likeness (QED) is 0.849. The second-order valence-corrected chi connectivity index (χ2v) is 5.19. The van der Waals surface area contributed by atoms with Gasteiger partial charge in [-0.25, -0.2) is 0 Å². The van der Waals surface area contributed by atoms with Crippen LogP contribution in [0.2, 0.25) is 5.02 Å². The fourth-order valence-electron chi connectivity index (χ4n) is 1.89. The van der Waals surface area contributed by atoms with E-state index in [1.54, 1.807) is 24.3 Å². The molecule has 2 rings (SSSR count). The molecule has 0 heterocycles. The van der Waals surface area contributed by atoms with Crippen molar-refractivity contribution >= 4 is 28.9 Å². The Bertz CT molecular complexity index is 651. The predicted octanol–water partition coefficient (Wildman–Crippen LogP) is 3.56. The van der Waals surface area contributed by atoms with Crippen molar-refractivity contribution in [1.82, 2.24) is 0 Å². The van der Waals surface area contributed by atoms with Crippen molar-refractivity contribution in [2.75, 3.05) is 17.7 Å². The molecule has 0 saturated carbocycles. The van der Waals surface area contributed by atoms with E-state index in [1.165, 1.54) is 0 Å². The highest BCUT2D eigenvalue weighted by Gasteiger charge is 2.08. The zero-order valence-electron chi connectivity index (χ0n) is 11.9. The molecule has 5 heteroatoms. The van der Waals surface area contributed by atoms with E-state index >= 15 is 0 Å². The molecule has 0 fully saturated rings. The number of hydrogen-bond acceptors (Lipinski definition) is 3. The smallest absolute Gasteiger partial charge is 0.262 e. The summed E-state index contributed by atoms with van der Waals surface area (Å²) in [6.45, 7) is 3.67. The van der Waals surface area contributed by atoms with Gasteiger partial charge in [0.1, 0.15) is 5.75 Å². The van der Waals surface area contributed by atoms with Crippen molar-refractivity contribution in [2.24, 2.45) is 0 Å². The van der Waals surface area contributed by atoms with E-state index in [0.717, 1.165) is 11.1 Å². The topological polar surface area (TPSA) is 64.3 Å². The summed E-state index contributed by atoms with van der Waals surface area (Å²) in [6, 6.07) is 10.7. The molecule has 0 aromatic heterocycles. The van der Waals surface area contributed by atoms with Crippen LogP contribution in [0.5, 0.6) is 5.75 Å². The van der Waals surface area contributed by atoms with E-state index in [1.807, 2.05) is 26.0 Å². The molecule has 2 aromatic carbocycles. The fraction of sp³-hybridized carbons (Fsp3) is 0.188. The Morgan fingerprint density at radius 1 is 1.24 bits per heavy atom. The van der Waals surface area contributed by atoms with Crippen LogP contribution >= 0.6 is 11.6 Å². The number of hydrogen-bond donors (Lipinski definition) is 2. The van der Waals surface area contributed by atoms with Crippen LogP contribution < -0.4 is 15.8 Å². The Labute approximate surface area is 128 Å². The van der Waals surface area contributed by atoms with E-state index in [4.69, 9.17) is 22.1 Å². The number of ether oxygens (including phenoxy) is 1. The van der Waals surface area contributed by atoms with Crippen molar-refractivity contribution in [3.05, 3.63) is 52.5 Å². The monoisotopic (exact) mass is 304 g/mol. The first kappa shape index (κ1) is 15.2. The average molecular weight is 305 g/mol. The van der Waals surface area contributed by atoms with Gasteiger partial charge in [0.25, 0.3) is 5.91 Å². The number of amides is 1. The standard InChI is InChI=1S/C16H17ClN2O2/c1-10-4-3-5-14(18)16(10)19-15(20)9-21-12-6-7-13(17)11(2)8-12/h3-8H,9,18H2,1-2H3,(H,19,20). The van der Waals surface area contributed by atoms with Crippen LogP contribution in [0, 0.1) is 13.8 Å². The van der Waals surface area contributed by atoms with Crippen LogP contribution in [0.1, 0.15) is 11.1 Å². The highest BCUT2D eigenvalue weighted by Crippen LogP contribution is 2.23. The summed E-state index contributed by atoms with van der Waals surface area (Å²) < 4.78 is 5.44. The summed E-state index contributed by atoms with van der Waals surface area (Å²) in [5.41, 5.74) is 8.81. The summed E-state index contributed by atoms with van der Waals surface area (Å²) >= 11 is 5.94. The van der Waals surface area contributed by atoms with Crippen LogP contribution in [0.25, 0.3) is 0 Å². The number of aryl methyl sites for hydroxylation is 2. The van der Waals surface area contributed by atoms with Crippen LogP contribution in [-0.2, 0) is 4.79 Å². The van der Waals surface area contributed by atoms with Gasteiger partial charge < -0.3 is 15.8 Å². The zero-order valence-corrected chi connectivity index (χ0v) is 12.7. The highest BCUT2D eigenvalue weighted by atomic mass is 35.5. The number of carbonyl (C=O) groups is 1. The van der Waals surface area contributed by atoms with Crippen LogP contribution in [0.15, 0.2) is 36.4 Å². The Morgan fingerprint density at radius 2 is 2.00 bits per heavy atom. The third kappa shape index (κ3) is 3.89. The second-order valence-electron chi connectivity index (χ2n) is 4.79. The van der Waals surface area contributed by atoms with Gasteiger partial charge in [-0.05, 0) is 49.2 Å². The number of halogens is 1. The molecular formula is C16H17ClN2O2. The molecule has 0 aliphatic heterocycles. The van der Waals surface area contributed by atoms with Crippen molar-refractivity contribution in [3.8, 4) is 5.75 Å². The molecule has 1 amide bonds. The normalized spacial score (nSPS) is 10.2. The molecule has 21 heavy (non-hydrogen) atoms. The van der Waals surface area contributed by atoms with Gasteiger partial charge >= 0.3 is 0 Å². The maximum Gasteiger partial charge on any atom is 0.262 e. The molecule has 0 aliphatic carbocycles. The Hall–Kier alpha value is -2.20. The first-order valence-electron chi connectivity index (χ1n) is 6.51. The van der Waals surface area contributed by atoms with E-state index < -0.39 is 0 Å². The molecule has 2 aromatic rings. The molecule has 110 valence electrons. The minimum atomic E-state index is -0.261. The van der Waals surface area contributed by atoms with Gasteiger partial charge in [-0.3, -0.25) is 4.79 Å². The lowest BCUT2D eigenvalue weighted by Crippen LogP contribution is -2.21. The molecule has 0 aliphatic rings. The zero-order chi connectivity index (χ0) is 15.4. The number of para-hydroxylation sites is 1. The first-order chi connectivity index (χ1) is 9.97. The predicted molar refractivity (Wildman–Crippen MR) is 85.9 cm³/mol. The number of nitrogens with one attached hydrogen (secondary N) is 1. The van der Waals surface area contributed by atoms with Crippen molar-refractivity contribution in [2.45, 2.75) is 13.8 Å². The lowest BCUT2D eigenvalue weighted by atomic mass is 10.1. The lowest BCUT2D eigenvalue weighted by molar-refractivity contribution is -0.118. The first-order valence-corrected chi connectivity index (χ1v) is 6.89.